The average molecular weight is 477 g/mol. The van der Waals surface area contributed by atoms with Gasteiger partial charge >= 0.3 is 6.18 Å². The number of hydrogen-bond acceptors (Lipinski definition) is 6. The summed E-state index contributed by atoms with van der Waals surface area (Å²) in [5.41, 5.74) is -2.47. The highest BCUT2D eigenvalue weighted by Crippen LogP contribution is 2.34. The predicted molar refractivity (Wildman–Crippen MR) is 105 cm³/mol. The van der Waals surface area contributed by atoms with Crippen LogP contribution in [0.5, 0.6) is 0 Å². The summed E-state index contributed by atoms with van der Waals surface area (Å²) in [6, 6.07) is 5.93. The van der Waals surface area contributed by atoms with Gasteiger partial charge in [-0.3, -0.25) is 4.79 Å². The molecule has 0 radical (unpaired) electrons. The normalized spacial score (nSPS) is 11.3. The molecule has 0 bridgehead atoms. The molecule has 0 fully saturated rings. The van der Waals surface area contributed by atoms with Gasteiger partial charge < -0.3 is 5.32 Å². The summed E-state index contributed by atoms with van der Waals surface area (Å²) in [7, 11) is 0. The lowest BCUT2D eigenvalue weighted by atomic mass is 10.2. The third kappa shape index (κ3) is 4.23. The van der Waals surface area contributed by atoms with E-state index in [2.05, 4.69) is 25.6 Å². The number of aromatic nitrogens is 6. The van der Waals surface area contributed by atoms with Gasteiger partial charge in [-0.05, 0) is 24.3 Å². The molecule has 14 heteroatoms. The molecule has 0 spiro atoms. The van der Waals surface area contributed by atoms with Gasteiger partial charge in [0.1, 0.15) is 17.4 Å². The molecule has 4 aromatic rings. The van der Waals surface area contributed by atoms with Crippen LogP contribution in [0.4, 0.5) is 23.2 Å². The van der Waals surface area contributed by atoms with E-state index in [4.69, 9.17) is 11.6 Å². The number of nitriles is 1. The van der Waals surface area contributed by atoms with E-state index in [1.165, 1.54) is 18.5 Å². The van der Waals surface area contributed by atoms with Crippen LogP contribution in [0.25, 0.3) is 11.5 Å². The van der Waals surface area contributed by atoms with Crippen molar-refractivity contribution in [2.75, 3.05) is 5.32 Å². The zero-order chi connectivity index (χ0) is 23.8. The number of anilines is 1. The quantitative estimate of drug-likeness (QED) is 0.448. The van der Waals surface area contributed by atoms with Crippen LogP contribution < -0.4 is 5.32 Å². The number of pyridine rings is 1. The van der Waals surface area contributed by atoms with Crippen molar-refractivity contribution in [3.63, 3.8) is 0 Å². The predicted octanol–water partition coefficient (Wildman–Crippen LogP) is 3.78. The van der Waals surface area contributed by atoms with E-state index in [0.29, 0.717) is 4.68 Å². The van der Waals surface area contributed by atoms with Crippen molar-refractivity contribution in [3.05, 3.63) is 76.7 Å². The van der Waals surface area contributed by atoms with E-state index in [0.717, 1.165) is 35.4 Å². The van der Waals surface area contributed by atoms with Crippen LogP contribution in [0.15, 0.2) is 49.1 Å². The number of amides is 1. The zero-order valence-corrected chi connectivity index (χ0v) is 16.8. The largest absolute Gasteiger partial charge is 0.434 e. The molecule has 0 unspecified atom stereocenters. The Balaban J connectivity index is 1.70. The van der Waals surface area contributed by atoms with Gasteiger partial charge in [0, 0.05) is 0 Å². The fraction of sp³-hybridized carbons (Fsp3) is 0.0526. The van der Waals surface area contributed by atoms with Crippen molar-refractivity contribution < 1.29 is 22.4 Å². The Hall–Kier alpha value is -4.31. The van der Waals surface area contributed by atoms with E-state index in [-0.39, 0.29) is 22.8 Å². The summed E-state index contributed by atoms with van der Waals surface area (Å²) in [5, 5.41) is 22.5. The highest BCUT2D eigenvalue weighted by molar-refractivity contribution is 6.30. The molecule has 3 aromatic heterocycles. The average Bonchev–Trinajstić information content (AvgIpc) is 3.45. The lowest BCUT2D eigenvalue weighted by Crippen LogP contribution is -2.21. The van der Waals surface area contributed by atoms with E-state index in [1.807, 2.05) is 6.07 Å². The second-order valence-corrected chi connectivity index (χ2v) is 6.80. The van der Waals surface area contributed by atoms with E-state index in [9.17, 15) is 27.6 Å². The van der Waals surface area contributed by atoms with Crippen LogP contribution in [0, 0.1) is 17.1 Å². The number of rotatable bonds is 4. The molecule has 33 heavy (non-hydrogen) atoms. The molecule has 166 valence electrons. The van der Waals surface area contributed by atoms with Crippen molar-refractivity contribution in [1.29, 1.82) is 5.26 Å². The summed E-state index contributed by atoms with van der Waals surface area (Å²) in [5.74, 6) is -1.91. The molecule has 4 rings (SSSR count). The van der Waals surface area contributed by atoms with Crippen LogP contribution in [-0.4, -0.2) is 35.7 Å². The van der Waals surface area contributed by atoms with Gasteiger partial charge in [0.15, 0.2) is 11.5 Å². The maximum absolute atomic E-state index is 13.8. The highest BCUT2D eigenvalue weighted by atomic mass is 35.5. The van der Waals surface area contributed by atoms with Crippen LogP contribution in [-0.2, 0) is 6.18 Å². The van der Waals surface area contributed by atoms with Crippen molar-refractivity contribution in [3.8, 4) is 17.6 Å². The van der Waals surface area contributed by atoms with Gasteiger partial charge in [-0.1, -0.05) is 11.6 Å². The van der Waals surface area contributed by atoms with Gasteiger partial charge in [-0.25, -0.2) is 14.1 Å². The number of benzene rings is 1. The third-order valence-electron chi connectivity index (χ3n) is 4.28. The smallest absolute Gasteiger partial charge is 0.320 e. The fourth-order valence-electron chi connectivity index (χ4n) is 2.89. The minimum absolute atomic E-state index is 0.0308. The Bertz CT molecular complexity index is 1390. The van der Waals surface area contributed by atoms with Gasteiger partial charge in [0.2, 0.25) is 0 Å². The van der Waals surface area contributed by atoms with E-state index >= 15 is 0 Å². The maximum atomic E-state index is 13.8. The van der Waals surface area contributed by atoms with Crippen LogP contribution in [0.2, 0.25) is 5.02 Å². The number of halogens is 5. The zero-order valence-electron chi connectivity index (χ0n) is 16.0. The van der Waals surface area contributed by atoms with Gasteiger partial charge in [-0.2, -0.15) is 33.7 Å². The number of nitrogens with zero attached hydrogens (tertiary/aromatic N) is 7. The maximum Gasteiger partial charge on any atom is 0.434 e. The Morgan fingerprint density at radius 1 is 1.12 bits per heavy atom. The molecule has 0 saturated heterocycles. The fourth-order valence-corrected chi connectivity index (χ4v) is 3.07. The molecule has 0 aliphatic heterocycles. The lowest BCUT2D eigenvalue weighted by Gasteiger charge is -2.13. The third-order valence-corrected chi connectivity index (χ3v) is 4.57. The van der Waals surface area contributed by atoms with Crippen molar-refractivity contribution in [1.82, 2.24) is 29.8 Å². The van der Waals surface area contributed by atoms with Crippen LogP contribution in [0.3, 0.4) is 0 Å². The SMILES string of the molecule is N#Cc1cc(NC(=O)c2cnn(-c3ccc(F)c(Cl)c3)c2C(F)(F)F)cnc1-n1nccn1. The molecule has 0 aliphatic carbocycles. The summed E-state index contributed by atoms with van der Waals surface area (Å²) >= 11 is 5.66. The van der Waals surface area contributed by atoms with Crippen molar-refractivity contribution >= 4 is 23.2 Å². The first kappa shape index (κ1) is 21.9. The highest BCUT2D eigenvalue weighted by Gasteiger charge is 2.40. The Morgan fingerprint density at radius 3 is 2.48 bits per heavy atom. The van der Waals surface area contributed by atoms with E-state index < -0.39 is 34.2 Å². The number of carbonyl (C=O) groups excluding carboxylic acids is 1. The van der Waals surface area contributed by atoms with Gasteiger partial charge in [-0.15, -0.1) is 4.80 Å². The first-order valence-corrected chi connectivity index (χ1v) is 9.25. The molecule has 1 aromatic carbocycles. The Morgan fingerprint density at radius 2 is 1.85 bits per heavy atom. The minimum Gasteiger partial charge on any atom is -0.320 e. The monoisotopic (exact) mass is 476 g/mol. The van der Waals surface area contributed by atoms with Gasteiger partial charge in [0.25, 0.3) is 5.91 Å². The standard InChI is InChI=1S/C19H9ClF4N8O/c20-14-6-12(1-2-15(14)21)31-16(19(22,23)24)13(9-29-31)18(33)30-11-5-10(7-25)17(26-8-11)32-27-3-4-28-32/h1-6,8-9H,(H,30,33). The van der Waals surface area contributed by atoms with Crippen molar-refractivity contribution in [2.45, 2.75) is 6.18 Å². The summed E-state index contributed by atoms with van der Waals surface area (Å²) in [4.78, 5) is 17.7. The molecule has 1 amide bonds. The second-order valence-electron chi connectivity index (χ2n) is 6.39. The van der Waals surface area contributed by atoms with Crippen molar-refractivity contribution in [2.24, 2.45) is 0 Å². The molecule has 9 nitrogen and oxygen atoms in total. The summed E-state index contributed by atoms with van der Waals surface area (Å²) in [6.45, 7) is 0. The Labute approximate surface area is 186 Å². The first-order chi connectivity index (χ1) is 15.7. The number of nitrogens with one attached hydrogen (secondary N) is 1. The molecule has 0 atom stereocenters. The first-order valence-electron chi connectivity index (χ1n) is 8.88. The number of carbonyl (C=O) groups is 1. The summed E-state index contributed by atoms with van der Waals surface area (Å²) < 4.78 is 55.3. The van der Waals surface area contributed by atoms with Crippen LogP contribution >= 0.6 is 11.6 Å². The topological polar surface area (TPSA) is 114 Å². The molecule has 3 heterocycles. The minimum atomic E-state index is -4.99. The summed E-state index contributed by atoms with van der Waals surface area (Å²) in [6.07, 6.45) is -0.410. The molecular formula is C19H9ClF4N8O. The van der Waals surface area contributed by atoms with E-state index in [1.54, 1.807) is 0 Å². The molecule has 1 N–H and O–H groups in total. The van der Waals surface area contributed by atoms with Gasteiger partial charge in [0.05, 0.1) is 46.7 Å². The molecule has 0 aliphatic rings. The van der Waals surface area contributed by atoms with Crippen LogP contribution in [0.1, 0.15) is 21.6 Å². The molecular weight excluding hydrogens is 468 g/mol. The number of hydrogen-bond donors (Lipinski definition) is 1. The number of alkyl halides is 3. The molecule has 0 saturated carbocycles. The lowest BCUT2D eigenvalue weighted by molar-refractivity contribution is -0.143. The second kappa shape index (κ2) is 8.32. The Kier molecular flexibility index (Phi) is 5.52.